The van der Waals surface area contributed by atoms with Crippen LogP contribution in [0.25, 0.3) is 10.8 Å². The van der Waals surface area contributed by atoms with E-state index < -0.39 is 18.3 Å². The van der Waals surface area contributed by atoms with Gasteiger partial charge in [-0.3, -0.25) is 0 Å². The van der Waals surface area contributed by atoms with Crippen molar-refractivity contribution in [2.45, 2.75) is 45.8 Å². The zero-order valence-corrected chi connectivity index (χ0v) is 14.3. The fraction of sp³-hybridized carbons (Fsp3) is 0.438. The molecule has 3 rings (SSSR count). The summed E-state index contributed by atoms with van der Waals surface area (Å²) in [5.74, 6) is 0.481. The Kier molecular flexibility index (Phi) is 3.44. The van der Waals surface area contributed by atoms with E-state index in [-0.39, 0.29) is 0 Å². The molecule has 2 aromatic rings. The molecule has 4 nitrogen and oxygen atoms in total. The van der Waals surface area contributed by atoms with Crippen LogP contribution >= 0.6 is 11.6 Å². The zero-order valence-electron chi connectivity index (χ0n) is 13.5. The Balaban J connectivity index is 2.14. The Labute approximate surface area is 136 Å². The van der Waals surface area contributed by atoms with E-state index in [1.165, 1.54) is 0 Å². The van der Waals surface area contributed by atoms with Gasteiger partial charge in [0.15, 0.2) is 0 Å². The first-order valence-electron chi connectivity index (χ1n) is 7.32. The highest BCUT2D eigenvalue weighted by molar-refractivity contribution is 6.66. The molecule has 0 bridgehead atoms. The maximum Gasteiger partial charge on any atom is 0.496 e. The summed E-state index contributed by atoms with van der Waals surface area (Å²) in [4.78, 5) is 4.14. The molecule has 22 heavy (non-hydrogen) atoms. The van der Waals surface area contributed by atoms with Crippen molar-refractivity contribution in [1.29, 1.82) is 0 Å². The highest BCUT2D eigenvalue weighted by atomic mass is 35.5. The van der Waals surface area contributed by atoms with Crippen LogP contribution in [-0.2, 0) is 9.31 Å². The molecule has 0 aliphatic carbocycles. The molecule has 2 N–H and O–H groups in total. The quantitative estimate of drug-likeness (QED) is 0.821. The number of nitrogen functional groups attached to an aromatic ring is 1. The summed E-state index contributed by atoms with van der Waals surface area (Å²) in [6, 6.07) is 3.82. The second-order valence-corrected chi connectivity index (χ2v) is 7.20. The summed E-state index contributed by atoms with van der Waals surface area (Å²) in [6.07, 6.45) is 1.75. The van der Waals surface area contributed by atoms with E-state index in [4.69, 9.17) is 26.6 Å². The van der Waals surface area contributed by atoms with Crippen LogP contribution in [0.4, 0.5) is 5.82 Å². The Hall–Kier alpha value is -1.30. The molecule has 0 radical (unpaired) electrons. The number of rotatable bonds is 1. The summed E-state index contributed by atoms with van der Waals surface area (Å²) in [5, 5.41) is 2.62. The Morgan fingerprint density at radius 3 is 2.32 bits per heavy atom. The first-order chi connectivity index (χ1) is 10.1. The van der Waals surface area contributed by atoms with E-state index >= 15 is 0 Å². The highest BCUT2D eigenvalue weighted by Gasteiger charge is 2.52. The number of aromatic nitrogens is 1. The Morgan fingerprint density at radius 1 is 1.14 bits per heavy atom. The molecular weight excluding hydrogens is 298 g/mol. The topological polar surface area (TPSA) is 57.4 Å². The van der Waals surface area contributed by atoms with Crippen molar-refractivity contribution < 1.29 is 9.31 Å². The standard InChI is InChI=1S/C16H20BClN2O2/c1-9-11-8-20-13(19)7-10(11)6-12(14(9)18)17-21-15(2,3)16(4,5)22-17/h6-8H,1-5H3,(H2,19,20). The van der Waals surface area contributed by atoms with Crippen LogP contribution in [0.1, 0.15) is 33.3 Å². The van der Waals surface area contributed by atoms with Crippen molar-refractivity contribution in [2.24, 2.45) is 0 Å². The van der Waals surface area contributed by atoms with Crippen molar-refractivity contribution >= 4 is 40.8 Å². The van der Waals surface area contributed by atoms with Gasteiger partial charge < -0.3 is 15.0 Å². The fourth-order valence-electron chi connectivity index (χ4n) is 2.63. The van der Waals surface area contributed by atoms with E-state index in [1.807, 2.05) is 46.8 Å². The normalized spacial score (nSPS) is 19.8. The van der Waals surface area contributed by atoms with Crippen LogP contribution in [0.15, 0.2) is 18.3 Å². The molecule has 1 aromatic heterocycles. The first kappa shape index (κ1) is 15.6. The molecule has 1 aromatic carbocycles. The summed E-state index contributed by atoms with van der Waals surface area (Å²) in [7, 11) is -0.491. The lowest BCUT2D eigenvalue weighted by Crippen LogP contribution is -2.41. The van der Waals surface area contributed by atoms with E-state index in [0.29, 0.717) is 10.8 Å². The largest absolute Gasteiger partial charge is 0.496 e. The molecule has 6 heteroatoms. The lowest BCUT2D eigenvalue weighted by molar-refractivity contribution is 0.00578. The van der Waals surface area contributed by atoms with E-state index in [2.05, 4.69) is 4.98 Å². The Bertz CT molecular complexity index is 745. The van der Waals surface area contributed by atoms with Gasteiger partial charge in [-0.05, 0) is 51.6 Å². The molecule has 116 valence electrons. The van der Waals surface area contributed by atoms with Gasteiger partial charge in [0.25, 0.3) is 0 Å². The van der Waals surface area contributed by atoms with Gasteiger partial charge in [0.2, 0.25) is 0 Å². The number of nitrogens with two attached hydrogens (primary N) is 1. The van der Waals surface area contributed by atoms with E-state index in [0.717, 1.165) is 21.8 Å². The van der Waals surface area contributed by atoms with Crippen LogP contribution in [-0.4, -0.2) is 23.3 Å². The average molecular weight is 319 g/mol. The lowest BCUT2D eigenvalue weighted by atomic mass is 9.77. The van der Waals surface area contributed by atoms with Crippen LogP contribution in [0.5, 0.6) is 0 Å². The molecule has 1 fully saturated rings. The minimum absolute atomic E-state index is 0.402. The zero-order chi connectivity index (χ0) is 16.3. The first-order valence-corrected chi connectivity index (χ1v) is 7.70. The molecule has 2 heterocycles. The van der Waals surface area contributed by atoms with Crippen molar-refractivity contribution in [3.63, 3.8) is 0 Å². The number of halogens is 1. The molecule has 0 amide bonds. The van der Waals surface area contributed by atoms with Gasteiger partial charge in [-0.15, -0.1) is 0 Å². The van der Waals surface area contributed by atoms with Gasteiger partial charge in [-0.25, -0.2) is 4.98 Å². The number of fused-ring (bicyclic) bond motifs is 1. The highest BCUT2D eigenvalue weighted by Crippen LogP contribution is 2.37. The monoisotopic (exact) mass is 318 g/mol. The number of pyridine rings is 1. The molecule has 0 saturated carbocycles. The third-order valence-electron chi connectivity index (χ3n) is 4.76. The van der Waals surface area contributed by atoms with Gasteiger partial charge in [-0.2, -0.15) is 0 Å². The molecule has 1 saturated heterocycles. The fourth-order valence-corrected chi connectivity index (χ4v) is 2.87. The minimum atomic E-state index is -0.491. The second kappa shape index (κ2) is 4.85. The second-order valence-electron chi connectivity index (χ2n) is 6.82. The number of hydrogen-bond acceptors (Lipinski definition) is 4. The van der Waals surface area contributed by atoms with Crippen molar-refractivity contribution in [2.75, 3.05) is 5.73 Å². The maximum atomic E-state index is 6.56. The number of benzene rings is 1. The van der Waals surface area contributed by atoms with Crippen LogP contribution in [0, 0.1) is 6.92 Å². The Morgan fingerprint density at radius 2 is 1.73 bits per heavy atom. The van der Waals surface area contributed by atoms with Crippen molar-refractivity contribution in [1.82, 2.24) is 4.98 Å². The smallest absolute Gasteiger partial charge is 0.399 e. The lowest BCUT2D eigenvalue weighted by Gasteiger charge is -2.32. The number of anilines is 1. The number of hydrogen-bond donors (Lipinski definition) is 1. The van der Waals surface area contributed by atoms with Gasteiger partial charge in [-0.1, -0.05) is 17.7 Å². The van der Waals surface area contributed by atoms with Gasteiger partial charge in [0, 0.05) is 22.1 Å². The van der Waals surface area contributed by atoms with E-state index in [9.17, 15) is 0 Å². The van der Waals surface area contributed by atoms with Crippen LogP contribution in [0.2, 0.25) is 5.02 Å². The van der Waals surface area contributed by atoms with Gasteiger partial charge >= 0.3 is 7.12 Å². The van der Waals surface area contributed by atoms with Crippen LogP contribution < -0.4 is 11.2 Å². The van der Waals surface area contributed by atoms with Crippen molar-refractivity contribution in [3.8, 4) is 0 Å². The molecule has 0 spiro atoms. The average Bonchev–Trinajstić information content (AvgIpc) is 2.62. The SMILES string of the molecule is Cc1c(Cl)c(B2OC(C)(C)C(C)(C)O2)cc2cc(N)ncc12. The summed E-state index contributed by atoms with van der Waals surface area (Å²) >= 11 is 6.56. The maximum absolute atomic E-state index is 6.56. The molecular formula is C16H20BClN2O2. The predicted octanol–water partition coefficient (Wildman–Crippen LogP) is 3.08. The molecule has 0 atom stereocenters. The summed E-state index contributed by atoms with van der Waals surface area (Å²) < 4.78 is 12.2. The predicted molar refractivity (Wildman–Crippen MR) is 91.6 cm³/mol. The number of aryl methyl sites for hydroxylation is 1. The molecule has 1 aliphatic rings. The van der Waals surface area contributed by atoms with E-state index in [1.54, 1.807) is 6.20 Å². The summed E-state index contributed by atoms with van der Waals surface area (Å²) in [6.45, 7) is 10.1. The molecule has 1 aliphatic heterocycles. The van der Waals surface area contributed by atoms with Gasteiger partial charge in [0.1, 0.15) is 5.82 Å². The van der Waals surface area contributed by atoms with Crippen molar-refractivity contribution in [3.05, 3.63) is 28.9 Å². The van der Waals surface area contributed by atoms with Crippen LogP contribution in [0.3, 0.4) is 0 Å². The minimum Gasteiger partial charge on any atom is -0.399 e. The molecule has 0 unspecified atom stereocenters. The third-order valence-corrected chi connectivity index (χ3v) is 5.26. The van der Waals surface area contributed by atoms with Gasteiger partial charge in [0.05, 0.1) is 11.2 Å². The summed E-state index contributed by atoms with van der Waals surface area (Å²) in [5.41, 5.74) is 6.78. The number of nitrogens with zero attached hydrogens (tertiary/aromatic N) is 1. The third kappa shape index (κ3) is 2.28.